The summed E-state index contributed by atoms with van der Waals surface area (Å²) in [6.07, 6.45) is 0.403. The molecule has 3 rings (SSSR count). The van der Waals surface area contributed by atoms with Crippen LogP contribution in [0.4, 0.5) is 5.69 Å². The van der Waals surface area contributed by atoms with Crippen LogP contribution in [0.1, 0.15) is 12.2 Å². The van der Waals surface area contributed by atoms with E-state index in [1.54, 1.807) is 18.9 Å². The standard InChI is InChI=1S/C21H21N3O2S/c1-15-22-19(16-6-4-3-5-7-16)14-21(23-15)27-13-12-20(25)24-17-8-10-18(26-2)11-9-17/h3-11,14H,12-13H2,1-2H3,(H,24,25). The zero-order valence-corrected chi connectivity index (χ0v) is 16.1. The van der Waals surface area contributed by atoms with Crippen LogP contribution >= 0.6 is 11.8 Å². The second kappa shape index (κ2) is 9.19. The summed E-state index contributed by atoms with van der Waals surface area (Å²) in [5, 5.41) is 3.76. The van der Waals surface area contributed by atoms with Gasteiger partial charge in [-0.25, -0.2) is 9.97 Å². The number of hydrogen-bond donors (Lipinski definition) is 1. The molecule has 3 aromatic rings. The molecule has 1 aromatic heterocycles. The van der Waals surface area contributed by atoms with E-state index in [1.165, 1.54) is 0 Å². The second-order valence-corrected chi connectivity index (χ2v) is 7.00. The fourth-order valence-electron chi connectivity index (χ4n) is 2.52. The average molecular weight is 379 g/mol. The van der Waals surface area contributed by atoms with Crippen LogP contribution in [0.3, 0.4) is 0 Å². The highest BCUT2D eigenvalue weighted by atomic mass is 32.2. The third-order valence-corrected chi connectivity index (χ3v) is 4.75. The van der Waals surface area contributed by atoms with Gasteiger partial charge in [-0.15, -0.1) is 11.8 Å². The number of anilines is 1. The van der Waals surface area contributed by atoms with Crippen LogP contribution in [0.5, 0.6) is 5.75 Å². The Labute approximate surface area is 163 Å². The topological polar surface area (TPSA) is 64.1 Å². The third kappa shape index (κ3) is 5.56. The van der Waals surface area contributed by atoms with Gasteiger partial charge in [-0.3, -0.25) is 4.79 Å². The van der Waals surface area contributed by atoms with Crippen LogP contribution < -0.4 is 10.1 Å². The molecular formula is C21H21N3O2S. The van der Waals surface area contributed by atoms with Gasteiger partial charge in [0.1, 0.15) is 16.6 Å². The summed E-state index contributed by atoms with van der Waals surface area (Å²) in [6.45, 7) is 1.88. The van der Waals surface area contributed by atoms with Gasteiger partial charge in [0.05, 0.1) is 12.8 Å². The maximum Gasteiger partial charge on any atom is 0.225 e. The van der Waals surface area contributed by atoms with Crippen molar-refractivity contribution in [1.29, 1.82) is 0 Å². The predicted octanol–water partition coefficient (Wildman–Crippen LogP) is 4.58. The molecule has 0 fully saturated rings. The molecule has 1 amide bonds. The van der Waals surface area contributed by atoms with E-state index in [0.29, 0.717) is 12.2 Å². The second-order valence-electron chi connectivity index (χ2n) is 5.88. The molecule has 0 radical (unpaired) electrons. The Hall–Kier alpha value is -2.86. The predicted molar refractivity (Wildman–Crippen MR) is 109 cm³/mol. The number of aromatic nitrogens is 2. The Morgan fingerprint density at radius 2 is 1.81 bits per heavy atom. The molecule has 0 saturated heterocycles. The molecular weight excluding hydrogens is 358 g/mol. The van der Waals surface area contributed by atoms with Crippen molar-refractivity contribution in [2.45, 2.75) is 18.4 Å². The minimum absolute atomic E-state index is 0.0262. The molecule has 1 heterocycles. The number of rotatable bonds is 7. The summed E-state index contributed by atoms with van der Waals surface area (Å²) >= 11 is 1.56. The van der Waals surface area contributed by atoms with Gasteiger partial charge in [0.2, 0.25) is 5.91 Å². The largest absolute Gasteiger partial charge is 0.497 e. The summed E-state index contributed by atoms with van der Waals surface area (Å²) in [6, 6.07) is 19.3. The highest BCUT2D eigenvalue weighted by Gasteiger charge is 2.07. The van der Waals surface area contributed by atoms with E-state index in [1.807, 2.05) is 67.6 Å². The number of ether oxygens (including phenoxy) is 1. The van der Waals surface area contributed by atoms with E-state index < -0.39 is 0 Å². The Bertz CT molecular complexity index is 899. The molecule has 1 N–H and O–H groups in total. The van der Waals surface area contributed by atoms with Crippen LogP contribution in [0.15, 0.2) is 65.7 Å². The van der Waals surface area contributed by atoms with E-state index in [2.05, 4.69) is 15.3 Å². The number of carbonyl (C=O) groups excluding carboxylic acids is 1. The lowest BCUT2D eigenvalue weighted by Gasteiger charge is -2.07. The number of benzene rings is 2. The number of amides is 1. The SMILES string of the molecule is COc1ccc(NC(=O)CCSc2cc(-c3ccccc3)nc(C)n2)cc1. The molecule has 27 heavy (non-hydrogen) atoms. The Morgan fingerprint density at radius 3 is 2.52 bits per heavy atom. The van der Waals surface area contributed by atoms with Crippen LogP contribution in [0, 0.1) is 6.92 Å². The van der Waals surface area contributed by atoms with E-state index in [9.17, 15) is 4.79 Å². The van der Waals surface area contributed by atoms with Gasteiger partial charge in [-0.2, -0.15) is 0 Å². The van der Waals surface area contributed by atoms with Crippen molar-refractivity contribution in [3.8, 4) is 17.0 Å². The smallest absolute Gasteiger partial charge is 0.225 e. The van der Waals surface area contributed by atoms with Crippen LogP contribution in [-0.4, -0.2) is 28.7 Å². The Balaban J connectivity index is 1.55. The van der Waals surface area contributed by atoms with Crippen molar-refractivity contribution in [1.82, 2.24) is 9.97 Å². The summed E-state index contributed by atoms with van der Waals surface area (Å²) in [5.74, 6) is 2.10. The number of nitrogens with one attached hydrogen (secondary N) is 1. The first-order chi connectivity index (χ1) is 13.1. The van der Waals surface area contributed by atoms with Crippen LogP contribution in [-0.2, 0) is 4.79 Å². The number of thioether (sulfide) groups is 1. The van der Waals surface area contributed by atoms with E-state index in [4.69, 9.17) is 4.74 Å². The van der Waals surface area contributed by atoms with Gasteiger partial charge in [0.25, 0.3) is 0 Å². The monoisotopic (exact) mass is 379 g/mol. The van der Waals surface area contributed by atoms with Crippen LogP contribution in [0.25, 0.3) is 11.3 Å². The Morgan fingerprint density at radius 1 is 1.07 bits per heavy atom. The van der Waals surface area contributed by atoms with Crippen molar-refractivity contribution >= 4 is 23.4 Å². The van der Waals surface area contributed by atoms with Crippen LogP contribution in [0.2, 0.25) is 0 Å². The molecule has 0 atom stereocenters. The summed E-state index contributed by atoms with van der Waals surface area (Å²) in [7, 11) is 1.61. The average Bonchev–Trinajstić information content (AvgIpc) is 2.69. The van der Waals surface area contributed by atoms with Crippen molar-refractivity contribution < 1.29 is 9.53 Å². The number of carbonyl (C=O) groups is 1. The molecule has 0 saturated carbocycles. The fourth-order valence-corrected chi connectivity index (χ4v) is 3.41. The third-order valence-electron chi connectivity index (χ3n) is 3.84. The first-order valence-corrected chi connectivity index (χ1v) is 9.60. The van der Waals surface area contributed by atoms with Gasteiger partial charge in [0.15, 0.2) is 0 Å². The maximum absolute atomic E-state index is 12.1. The molecule has 6 heteroatoms. The summed E-state index contributed by atoms with van der Waals surface area (Å²) in [5.41, 5.74) is 2.71. The zero-order chi connectivity index (χ0) is 19.1. The lowest BCUT2D eigenvalue weighted by atomic mass is 10.1. The maximum atomic E-state index is 12.1. The number of aryl methyl sites for hydroxylation is 1. The number of methoxy groups -OCH3 is 1. The highest BCUT2D eigenvalue weighted by Crippen LogP contribution is 2.23. The van der Waals surface area contributed by atoms with Gasteiger partial charge < -0.3 is 10.1 Å². The van der Waals surface area contributed by atoms with E-state index in [0.717, 1.165) is 33.5 Å². The number of hydrogen-bond acceptors (Lipinski definition) is 5. The van der Waals surface area contributed by atoms with Crippen molar-refractivity contribution in [2.75, 3.05) is 18.2 Å². The lowest BCUT2D eigenvalue weighted by molar-refractivity contribution is -0.115. The van der Waals surface area contributed by atoms with E-state index >= 15 is 0 Å². The molecule has 0 aliphatic carbocycles. The van der Waals surface area contributed by atoms with Gasteiger partial charge >= 0.3 is 0 Å². The molecule has 0 aliphatic heterocycles. The fraction of sp³-hybridized carbons (Fsp3) is 0.190. The first-order valence-electron chi connectivity index (χ1n) is 8.62. The molecule has 0 spiro atoms. The molecule has 2 aromatic carbocycles. The molecule has 138 valence electrons. The molecule has 0 aliphatic rings. The van der Waals surface area contributed by atoms with E-state index in [-0.39, 0.29) is 5.91 Å². The lowest BCUT2D eigenvalue weighted by Crippen LogP contribution is -2.12. The van der Waals surface area contributed by atoms with Gasteiger partial charge in [-0.05, 0) is 37.3 Å². The van der Waals surface area contributed by atoms with Crippen molar-refractivity contribution in [3.05, 3.63) is 66.5 Å². The molecule has 0 unspecified atom stereocenters. The van der Waals surface area contributed by atoms with Crippen molar-refractivity contribution in [2.24, 2.45) is 0 Å². The summed E-state index contributed by atoms with van der Waals surface area (Å²) in [4.78, 5) is 21.1. The minimum atomic E-state index is -0.0262. The zero-order valence-electron chi connectivity index (χ0n) is 15.3. The highest BCUT2D eigenvalue weighted by molar-refractivity contribution is 7.99. The number of nitrogens with zero attached hydrogens (tertiary/aromatic N) is 2. The normalized spacial score (nSPS) is 10.4. The minimum Gasteiger partial charge on any atom is -0.497 e. The molecule has 0 bridgehead atoms. The Kier molecular flexibility index (Phi) is 6.44. The van der Waals surface area contributed by atoms with Gasteiger partial charge in [-0.1, -0.05) is 30.3 Å². The summed E-state index contributed by atoms with van der Waals surface area (Å²) < 4.78 is 5.11. The molecule has 5 nitrogen and oxygen atoms in total. The van der Waals surface area contributed by atoms with Crippen molar-refractivity contribution in [3.63, 3.8) is 0 Å². The first kappa shape index (κ1) is 18.9. The van der Waals surface area contributed by atoms with Gasteiger partial charge in [0, 0.05) is 23.4 Å². The quantitative estimate of drug-likeness (QED) is 0.481.